The maximum absolute atomic E-state index is 12.4. The molecule has 0 aliphatic heterocycles. The lowest BCUT2D eigenvalue weighted by Crippen LogP contribution is -2.39. The highest BCUT2D eigenvalue weighted by atomic mass is 32.2. The Morgan fingerprint density at radius 1 is 1.19 bits per heavy atom. The van der Waals surface area contributed by atoms with Gasteiger partial charge in [0.25, 0.3) is 0 Å². The third-order valence-electron chi connectivity index (χ3n) is 4.47. The predicted molar refractivity (Wildman–Crippen MR) is 82.7 cm³/mol. The fourth-order valence-corrected chi connectivity index (χ4v) is 4.15. The Hall–Kier alpha value is -1.20. The first-order chi connectivity index (χ1) is 9.79. The zero-order valence-electron chi connectivity index (χ0n) is 12.8. The van der Waals surface area contributed by atoms with Gasteiger partial charge in [0.05, 0.1) is 4.90 Å². The molecule has 1 N–H and O–H groups in total. The molecule has 0 bridgehead atoms. The third-order valence-corrected chi connectivity index (χ3v) is 5.99. The van der Waals surface area contributed by atoms with Crippen LogP contribution in [-0.4, -0.2) is 20.2 Å². The van der Waals surface area contributed by atoms with Crippen molar-refractivity contribution < 1.29 is 13.2 Å². The van der Waals surface area contributed by atoms with Crippen molar-refractivity contribution in [2.75, 3.05) is 0 Å². The largest absolute Gasteiger partial charge is 0.295 e. The van der Waals surface area contributed by atoms with Crippen molar-refractivity contribution in [1.82, 2.24) is 4.72 Å². The molecule has 2 rings (SSSR count). The minimum Gasteiger partial charge on any atom is -0.295 e. The van der Waals surface area contributed by atoms with Gasteiger partial charge >= 0.3 is 0 Å². The molecule has 5 heteroatoms. The Labute approximate surface area is 127 Å². The summed E-state index contributed by atoms with van der Waals surface area (Å²) in [5.74, 6) is 1.04. The Morgan fingerprint density at radius 3 is 2.52 bits per heavy atom. The van der Waals surface area contributed by atoms with Gasteiger partial charge in [0.2, 0.25) is 10.0 Å². The van der Waals surface area contributed by atoms with Crippen molar-refractivity contribution in [2.45, 2.75) is 51.0 Å². The van der Waals surface area contributed by atoms with Gasteiger partial charge in [-0.25, -0.2) is 13.1 Å². The predicted octanol–water partition coefficient (Wildman–Crippen LogP) is 2.99. The molecule has 116 valence electrons. The van der Waals surface area contributed by atoms with Crippen LogP contribution in [0.25, 0.3) is 0 Å². The molecule has 0 saturated heterocycles. The molecule has 0 spiro atoms. The fraction of sp³-hybridized carbons (Fsp3) is 0.562. The minimum absolute atomic E-state index is 0.0119. The molecular formula is C16H23NO3S. The van der Waals surface area contributed by atoms with Gasteiger partial charge in [0.1, 0.15) is 0 Å². The molecule has 1 aliphatic rings. The van der Waals surface area contributed by atoms with Gasteiger partial charge in [-0.05, 0) is 50.2 Å². The Morgan fingerprint density at radius 2 is 1.90 bits per heavy atom. The zero-order valence-corrected chi connectivity index (χ0v) is 13.6. The number of carbonyl (C=O) groups is 1. The van der Waals surface area contributed by atoms with Gasteiger partial charge in [-0.1, -0.05) is 26.0 Å². The average molecular weight is 309 g/mol. The lowest BCUT2D eigenvalue weighted by Gasteiger charge is -2.32. The molecule has 1 aliphatic carbocycles. The summed E-state index contributed by atoms with van der Waals surface area (Å²) in [5.41, 5.74) is 0.420. The van der Waals surface area contributed by atoms with E-state index in [2.05, 4.69) is 18.6 Å². The number of benzene rings is 1. The maximum atomic E-state index is 12.4. The first-order valence-corrected chi connectivity index (χ1v) is 8.91. The topological polar surface area (TPSA) is 63.2 Å². The number of carbonyl (C=O) groups excluding carboxylic acids is 1. The van der Waals surface area contributed by atoms with Crippen molar-refractivity contribution in [3.8, 4) is 0 Å². The van der Waals surface area contributed by atoms with Gasteiger partial charge in [0.15, 0.2) is 5.78 Å². The molecule has 1 fully saturated rings. The number of sulfonamides is 1. The molecule has 0 aromatic heterocycles. The second kappa shape index (κ2) is 6.28. The zero-order chi connectivity index (χ0) is 15.6. The number of hydrogen-bond acceptors (Lipinski definition) is 3. The smallest absolute Gasteiger partial charge is 0.240 e. The van der Waals surface area contributed by atoms with Gasteiger partial charge in [0, 0.05) is 11.6 Å². The molecule has 1 aromatic rings. The van der Waals surface area contributed by atoms with Crippen LogP contribution in [0.2, 0.25) is 0 Å². The van der Waals surface area contributed by atoms with Crippen LogP contribution in [0, 0.1) is 11.8 Å². The van der Waals surface area contributed by atoms with Crippen LogP contribution in [0.3, 0.4) is 0 Å². The van der Waals surface area contributed by atoms with Gasteiger partial charge < -0.3 is 0 Å². The number of hydrogen-bond donors (Lipinski definition) is 1. The Kier molecular flexibility index (Phi) is 4.84. The molecule has 1 aromatic carbocycles. The number of rotatable bonds is 4. The van der Waals surface area contributed by atoms with Crippen LogP contribution < -0.4 is 4.72 Å². The summed E-state index contributed by atoms with van der Waals surface area (Å²) in [6, 6.07) is 6.20. The van der Waals surface area contributed by atoms with E-state index in [0.717, 1.165) is 19.3 Å². The number of ketones is 1. The van der Waals surface area contributed by atoms with Crippen molar-refractivity contribution >= 4 is 15.8 Å². The van der Waals surface area contributed by atoms with Crippen LogP contribution >= 0.6 is 0 Å². The minimum atomic E-state index is -3.56. The lowest BCUT2D eigenvalue weighted by atomic mass is 9.79. The lowest BCUT2D eigenvalue weighted by molar-refractivity contribution is 0.101. The van der Waals surface area contributed by atoms with E-state index in [1.54, 1.807) is 12.1 Å². The summed E-state index contributed by atoms with van der Waals surface area (Å²) < 4.78 is 27.7. The molecule has 0 heterocycles. The van der Waals surface area contributed by atoms with Gasteiger partial charge in [-0.15, -0.1) is 0 Å². The molecule has 4 nitrogen and oxygen atoms in total. The van der Waals surface area contributed by atoms with Gasteiger partial charge in [-0.2, -0.15) is 0 Å². The maximum Gasteiger partial charge on any atom is 0.240 e. The normalized spacial score (nSPS) is 26.5. The summed E-state index contributed by atoms with van der Waals surface area (Å²) in [6.45, 7) is 5.82. The quantitative estimate of drug-likeness (QED) is 0.870. The van der Waals surface area contributed by atoms with E-state index in [4.69, 9.17) is 0 Å². The SMILES string of the molecule is CC(=O)c1cccc(S(=O)(=O)NC2CCC(C)C(C)C2)c1. The highest BCUT2D eigenvalue weighted by Gasteiger charge is 2.28. The molecule has 0 radical (unpaired) electrons. The first-order valence-electron chi connectivity index (χ1n) is 7.43. The summed E-state index contributed by atoms with van der Waals surface area (Å²) in [7, 11) is -3.56. The molecule has 0 amide bonds. The second-order valence-corrected chi connectivity index (χ2v) is 7.88. The van der Waals surface area contributed by atoms with Crippen molar-refractivity contribution in [3.63, 3.8) is 0 Å². The first kappa shape index (κ1) is 16.2. The molecular weight excluding hydrogens is 286 g/mol. The van der Waals surface area contributed by atoms with Crippen LogP contribution in [0.5, 0.6) is 0 Å². The number of nitrogens with one attached hydrogen (secondary N) is 1. The third kappa shape index (κ3) is 3.92. The average Bonchev–Trinajstić information content (AvgIpc) is 2.43. The highest BCUT2D eigenvalue weighted by molar-refractivity contribution is 7.89. The second-order valence-electron chi connectivity index (χ2n) is 6.17. The van der Waals surface area contributed by atoms with Crippen LogP contribution in [0.1, 0.15) is 50.4 Å². The van der Waals surface area contributed by atoms with Crippen LogP contribution in [0.4, 0.5) is 0 Å². The standard InChI is InChI=1S/C16H23NO3S/c1-11-7-8-15(9-12(11)2)17-21(19,20)16-6-4-5-14(10-16)13(3)18/h4-6,10-12,15,17H,7-9H2,1-3H3. The van der Waals surface area contributed by atoms with E-state index < -0.39 is 10.0 Å². The number of Topliss-reactive ketones (excluding diaryl/α,β-unsaturated/α-hetero) is 1. The van der Waals surface area contributed by atoms with E-state index in [1.807, 2.05) is 0 Å². The summed E-state index contributed by atoms with van der Waals surface area (Å²) in [5, 5.41) is 0. The van der Waals surface area contributed by atoms with E-state index in [9.17, 15) is 13.2 Å². The monoisotopic (exact) mass is 309 g/mol. The molecule has 1 saturated carbocycles. The molecule has 3 atom stereocenters. The van der Waals surface area contributed by atoms with Crippen molar-refractivity contribution in [2.24, 2.45) is 11.8 Å². The van der Waals surface area contributed by atoms with Crippen molar-refractivity contribution in [1.29, 1.82) is 0 Å². The fourth-order valence-electron chi connectivity index (χ4n) is 2.82. The summed E-state index contributed by atoms with van der Waals surface area (Å²) in [6.07, 6.45) is 2.78. The summed E-state index contributed by atoms with van der Waals surface area (Å²) >= 11 is 0. The van der Waals surface area contributed by atoms with E-state index in [1.165, 1.54) is 19.1 Å². The Balaban J connectivity index is 2.15. The van der Waals surface area contributed by atoms with E-state index in [-0.39, 0.29) is 16.7 Å². The van der Waals surface area contributed by atoms with Crippen LogP contribution in [-0.2, 0) is 10.0 Å². The molecule has 3 unspecified atom stereocenters. The Bertz CT molecular complexity index is 624. The van der Waals surface area contributed by atoms with Crippen molar-refractivity contribution in [3.05, 3.63) is 29.8 Å². The van der Waals surface area contributed by atoms with Crippen LogP contribution in [0.15, 0.2) is 29.2 Å². The molecule has 21 heavy (non-hydrogen) atoms. The highest BCUT2D eigenvalue weighted by Crippen LogP contribution is 2.30. The van der Waals surface area contributed by atoms with E-state index in [0.29, 0.717) is 17.4 Å². The van der Waals surface area contributed by atoms with E-state index >= 15 is 0 Å². The summed E-state index contributed by atoms with van der Waals surface area (Å²) in [4.78, 5) is 11.5. The van der Waals surface area contributed by atoms with Gasteiger partial charge in [-0.3, -0.25) is 4.79 Å².